The fraction of sp³-hybridized carbons (Fsp3) is 0.800. The molecule has 1 N–H and O–H groups in total. The Kier molecular flexibility index (Phi) is 2.60. The largest absolute Gasteiger partial charge is 0.454 e. The first-order valence-corrected chi connectivity index (χ1v) is 7.02. The van der Waals surface area contributed by atoms with Crippen LogP contribution in [0.3, 0.4) is 0 Å². The van der Waals surface area contributed by atoms with Crippen molar-refractivity contribution in [2.24, 2.45) is 17.3 Å². The number of carbonyl (C=O) groups is 1. The molecule has 18 heavy (non-hydrogen) atoms. The quantitative estimate of drug-likeness (QED) is 0.672. The van der Waals surface area contributed by atoms with Crippen LogP contribution in [0, 0.1) is 17.3 Å². The van der Waals surface area contributed by atoms with Crippen LogP contribution in [-0.4, -0.2) is 23.3 Å². The maximum Gasteiger partial charge on any atom is 0.334 e. The Morgan fingerprint density at radius 2 is 2.11 bits per heavy atom. The molecule has 100 valence electrons. The second-order valence-corrected chi connectivity index (χ2v) is 6.64. The van der Waals surface area contributed by atoms with Gasteiger partial charge in [-0.1, -0.05) is 13.8 Å². The predicted octanol–water partition coefficient (Wildman–Crippen LogP) is 2.44. The highest BCUT2D eigenvalue weighted by Gasteiger charge is 2.53. The van der Waals surface area contributed by atoms with Gasteiger partial charge in [-0.3, -0.25) is 0 Å². The van der Waals surface area contributed by atoms with Crippen LogP contribution in [0.1, 0.15) is 46.5 Å². The van der Waals surface area contributed by atoms with Crippen LogP contribution < -0.4 is 0 Å². The number of esters is 1. The lowest BCUT2D eigenvalue weighted by Gasteiger charge is -2.52. The van der Waals surface area contributed by atoms with Gasteiger partial charge in [0.2, 0.25) is 0 Å². The van der Waals surface area contributed by atoms with Crippen molar-refractivity contribution in [3.63, 3.8) is 0 Å². The fourth-order valence-corrected chi connectivity index (χ4v) is 4.32. The van der Waals surface area contributed by atoms with Crippen molar-refractivity contribution in [3.05, 3.63) is 11.1 Å². The second kappa shape index (κ2) is 3.83. The fourth-order valence-electron chi connectivity index (χ4n) is 4.32. The molecule has 0 aromatic rings. The summed E-state index contributed by atoms with van der Waals surface area (Å²) < 4.78 is 5.45. The summed E-state index contributed by atoms with van der Waals surface area (Å²) in [7, 11) is 0. The third-order valence-corrected chi connectivity index (χ3v) is 5.68. The van der Waals surface area contributed by atoms with E-state index in [1.165, 1.54) is 5.57 Å². The minimum Gasteiger partial charge on any atom is -0.454 e. The Bertz CT molecular complexity index is 425. The third-order valence-electron chi connectivity index (χ3n) is 5.68. The van der Waals surface area contributed by atoms with Crippen molar-refractivity contribution < 1.29 is 14.6 Å². The topological polar surface area (TPSA) is 46.5 Å². The van der Waals surface area contributed by atoms with Gasteiger partial charge < -0.3 is 9.84 Å². The van der Waals surface area contributed by atoms with Gasteiger partial charge >= 0.3 is 5.97 Å². The number of ether oxygens (including phenoxy) is 1. The minimum atomic E-state index is -0.250. The number of aliphatic hydroxyl groups is 1. The number of hydrogen-bond acceptors (Lipinski definition) is 3. The van der Waals surface area contributed by atoms with Gasteiger partial charge in [0.25, 0.3) is 0 Å². The molecule has 0 saturated heterocycles. The molecule has 0 radical (unpaired) electrons. The number of rotatable bonds is 0. The van der Waals surface area contributed by atoms with Crippen molar-refractivity contribution in [1.82, 2.24) is 0 Å². The summed E-state index contributed by atoms with van der Waals surface area (Å²) in [4.78, 5) is 11.7. The second-order valence-electron chi connectivity index (χ2n) is 6.64. The monoisotopic (exact) mass is 250 g/mol. The van der Waals surface area contributed by atoms with Gasteiger partial charge in [-0.05, 0) is 50.0 Å². The van der Waals surface area contributed by atoms with E-state index in [1.54, 1.807) is 0 Å². The van der Waals surface area contributed by atoms with Crippen LogP contribution in [0.15, 0.2) is 11.1 Å². The van der Waals surface area contributed by atoms with Gasteiger partial charge in [-0.15, -0.1) is 0 Å². The van der Waals surface area contributed by atoms with E-state index in [0.717, 1.165) is 31.3 Å². The van der Waals surface area contributed by atoms with Gasteiger partial charge in [-0.25, -0.2) is 4.79 Å². The maximum absolute atomic E-state index is 11.7. The molecule has 2 aliphatic carbocycles. The Labute approximate surface area is 108 Å². The van der Waals surface area contributed by atoms with Crippen LogP contribution in [0.2, 0.25) is 0 Å². The van der Waals surface area contributed by atoms with Gasteiger partial charge in [0.05, 0.1) is 6.10 Å². The summed E-state index contributed by atoms with van der Waals surface area (Å²) >= 11 is 0. The molecule has 2 saturated carbocycles. The Balaban J connectivity index is 1.97. The first-order valence-electron chi connectivity index (χ1n) is 7.02. The molecule has 0 aromatic carbocycles. The van der Waals surface area contributed by atoms with E-state index in [1.807, 2.05) is 6.92 Å². The summed E-state index contributed by atoms with van der Waals surface area (Å²) in [6, 6.07) is 0. The van der Waals surface area contributed by atoms with E-state index in [4.69, 9.17) is 4.74 Å². The van der Waals surface area contributed by atoms with E-state index >= 15 is 0 Å². The van der Waals surface area contributed by atoms with Crippen LogP contribution in [0.4, 0.5) is 0 Å². The Morgan fingerprint density at radius 3 is 2.83 bits per heavy atom. The summed E-state index contributed by atoms with van der Waals surface area (Å²) in [6.45, 7) is 6.34. The molecule has 2 fully saturated rings. The third kappa shape index (κ3) is 1.49. The minimum absolute atomic E-state index is 0.0706. The zero-order valence-electron chi connectivity index (χ0n) is 11.4. The molecule has 0 spiro atoms. The van der Waals surface area contributed by atoms with E-state index < -0.39 is 0 Å². The summed E-state index contributed by atoms with van der Waals surface area (Å²) in [5, 5.41) is 10.4. The van der Waals surface area contributed by atoms with Crippen LogP contribution in [-0.2, 0) is 9.53 Å². The number of hydrogen-bond donors (Lipinski definition) is 1. The van der Waals surface area contributed by atoms with Gasteiger partial charge in [-0.2, -0.15) is 0 Å². The number of fused-ring (bicyclic) bond motifs is 2. The zero-order valence-corrected chi connectivity index (χ0v) is 11.4. The summed E-state index contributed by atoms with van der Waals surface area (Å²) in [6.07, 6.45) is 3.37. The maximum atomic E-state index is 11.7. The zero-order chi connectivity index (χ0) is 13.1. The number of carbonyl (C=O) groups excluding carboxylic acids is 1. The average Bonchev–Trinajstić information content (AvgIpc) is 2.58. The highest BCUT2D eigenvalue weighted by Crippen LogP contribution is 2.55. The van der Waals surface area contributed by atoms with Crippen molar-refractivity contribution in [3.8, 4) is 0 Å². The highest BCUT2D eigenvalue weighted by atomic mass is 16.5. The lowest BCUT2D eigenvalue weighted by molar-refractivity contribution is -0.147. The molecular weight excluding hydrogens is 228 g/mol. The van der Waals surface area contributed by atoms with Crippen LogP contribution in [0.5, 0.6) is 0 Å². The van der Waals surface area contributed by atoms with Crippen molar-refractivity contribution >= 4 is 5.97 Å². The van der Waals surface area contributed by atoms with E-state index in [9.17, 15) is 9.90 Å². The molecule has 3 aliphatic rings. The first kappa shape index (κ1) is 12.2. The van der Waals surface area contributed by atoms with E-state index in [-0.39, 0.29) is 23.6 Å². The molecular formula is C15H22O3. The smallest absolute Gasteiger partial charge is 0.334 e. The first-order chi connectivity index (χ1) is 8.43. The van der Waals surface area contributed by atoms with Crippen LogP contribution in [0.25, 0.3) is 0 Å². The number of aliphatic hydroxyl groups excluding tert-OH is 1. The molecule has 3 rings (SSSR count). The molecule has 3 nitrogen and oxygen atoms in total. The normalized spacial score (nSPS) is 47.7. The lowest BCUT2D eigenvalue weighted by atomic mass is 9.54. The summed E-state index contributed by atoms with van der Waals surface area (Å²) in [5.41, 5.74) is 1.93. The van der Waals surface area contributed by atoms with Gasteiger partial charge in [0.15, 0.2) is 0 Å². The summed E-state index contributed by atoms with van der Waals surface area (Å²) in [5.74, 6) is 0.951. The molecule has 0 aromatic heterocycles. The molecule has 3 heteroatoms. The molecule has 5 atom stereocenters. The lowest BCUT2D eigenvalue weighted by Crippen LogP contribution is -2.51. The molecule has 0 amide bonds. The molecule has 1 heterocycles. The average molecular weight is 250 g/mol. The van der Waals surface area contributed by atoms with Crippen molar-refractivity contribution in [2.75, 3.05) is 0 Å². The van der Waals surface area contributed by atoms with Gasteiger partial charge in [0.1, 0.15) is 6.10 Å². The Hall–Kier alpha value is -0.830. The SMILES string of the molecule is CC1=C2C[C@H]3[C@@H](C)CC[C@@H](O)[C@]3(C)C[C@@H]2OC1=O. The highest BCUT2D eigenvalue weighted by molar-refractivity contribution is 5.91. The van der Waals surface area contributed by atoms with Crippen LogP contribution >= 0.6 is 0 Å². The van der Waals surface area contributed by atoms with E-state index in [0.29, 0.717) is 11.8 Å². The van der Waals surface area contributed by atoms with Crippen molar-refractivity contribution in [1.29, 1.82) is 0 Å². The Morgan fingerprint density at radius 1 is 1.39 bits per heavy atom. The van der Waals surface area contributed by atoms with Gasteiger partial charge in [0, 0.05) is 11.0 Å². The van der Waals surface area contributed by atoms with E-state index in [2.05, 4.69) is 13.8 Å². The standard InChI is InChI=1S/C15H22O3/c1-8-4-5-13(16)15(3)7-12-10(6-11(8)15)9(2)14(17)18-12/h8,11-13,16H,4-7H2,1-3H3/t8-,11-,12-,13+,15+/m0/s1. The molecule has 1 aliphatic heterocycles. The predicted molar refractivity (Wildman–Crippen MR) is 67.8 cm³/mol. The van der Waals surface area contributed by atoms with Crippen molar-refractivity contribution in [2.45, 2.75) is 58.7 Å². The molecule has 0 bridgehead atoms. The molecule has 0 unspecified atom stereocenters.